The van der Waals surface area contributed by atoms with E-state index >= 15 is 0 Å². The molecule has 88 valence electrons. The van der Waals surface area contributed by atoms with Crippen LogP contribution in [0.4, 0.5) is 0 Å². The van der Waals surface area contributed by atoms with Crippen molar-refractivity contribution in [3.05, 3.63) is 29.1 Å². The molecule has 0 bridgehead atoms. The molecule has 0 saturated carbocycles. The molecule has 0 radical (unpaired) electrons. The van der Waals surface area contributed by atoms with Gasteiger partial charge in [-0.2, -0.15) is 0 Å². The van der Waals surface area contributed by atoms with E-state index in [9.17, 15) is 14.7 Å². The van der Waals surface area contributed by atoms with Crippen LogP contribution >= 0.6 is 24.0 Å². The minimum atomic E-state index is -1.35. The predicted octanol–water partition coefficient (Wildman–Crippen LogP) is 0.231. The Hall–Kier alpha value is -1.60. The molecule has 0 N–H and O–H groups in total. The van der Waals surface area contributed by atoms with Gasteiger partial charge in [0.25, 0.3) is 5.91 Å². The van der Waals surface area contributed by atoms with E-state index < -0.39 is 18.4 Å². The summed E-state index contributed by atoms with van der Waals surface area (Å²) in [5, 5.41) is 10.5. The number of furan rings is 1. The molecule has 1 amide bonds. The lowest BCUT2D eigenvalue weighted by molar-refractivity contribution is -0.305. The Morgan fingerprint density at radius 3 is 3.00 bits per heavy atom. The van der Waals surface area contributed by atoms with Gasteiger partial charge < -0.3 is 14.3 Å². The van der Waals surface area contributed by atoms with Crippen LogP contribution in [0.5, 0.6) is 0 Å². The second-order valence-electron chi connectivity index (χ2n) is 3.16. The summed E-state index contributed by atoms with van der Waals surface area (Å²) in [7, 11) is 0. The van der Waals surface area contributed by atoms with E-state index in [0.717, 1.165) is 16.7 Å². The fourth-order valence-electron chi connectivity index (χ4n) is 1.27. The molecule has 5 nitrogen and oxygen atoms in total. The van der Waals surface area contributed by atoms with Crippen molar-refractivity contribution in [1.82, 2.24) is 4.90 Å². The number of carboxylic acid groups (broad SMARTS) is 1. The highest BCUT2D eigenvalue weighted by Crippen LogP contribution is 2.32. The molecule has 1 aromatic rings. The first-order valence-corrected chi connectivity index (χ1v) is 5.79. The van der Waals surface area contributed by atoms with Crippen molar-refractivity contribution >= 4 is 46.3 Å². The lowest BCUT2D eigenvalue weighted by atomic mass is 10.3. The Balaban J connectivity index is 2.21. The molecular formula is C10H6NO4S2-. The van der Waals surface area contributed by atoms with Crippen LogP contribution in [0, 0.1) is 0 Å². The summed E-state index contributed by atoms with van der Waals surface area (Å²) in [5.74, 6) is -1.28. The van der Waals surface area contributed by atoms with Crippen molar-refractivity contribution in [3.63, 3.8) is 0 Å². The summed E-state index contributed by atoms with van der Waals surface area (Å²) in [5.41, 5.74) is 0. The minimum Gasteiger partial charge on any atom is -0.548 e. The van der Waals surface area contributed by atoms with Crippen molar-refractivity contribution in [2.75, 3.05) is 6.54 Å². The van der Waals surface area contributed by atoms with E-state index in [1.165, 1.54) is 12.3 Å². The fraction of sp³-hybridized carbons (Fsp3) is 0.100. The third-order valence-electron chi connectivity index (χ3n) is 1.98. The monoisotopic (exact) mass is 268 g/mol. The summed E-state index contributed by atoms with van der Waals surface area (Å²) in [6, 6.07) is 3.37. The molecule has 7 heteroatoms. The lowest BCUT2D eigenvalue weighted by Crippen LogP contribution is -2.40. The van der Waals surface area contributed by atoms with E-state index in [1.54, 1.807) is 12.1 Å². The van der Waals surface area contributed by atoms with Crippen LogP contribution < -0.4 is 5.11 Å². The van der Waals surface area contributed by atoms with Gasteiger partial charge in [0.15, 0.2) is 0 Å². The highest BCUT2D eigenvalue weighted by Gasteiger charge is 2.32. The van der Waals surface area contributed by atoms with Gasteiger partial charge in [-0.1, -0.05) is 24.0 Å². The number of carboxylic acids is 1. The predicted molar refractivity (Wildman–Crippen MR) is 63.6 cm³/mol. The first-order chi connectivity index (χ1) is 8.08. The number of hydrogen-bond donors (Lipinski definition) is 0. The van der Waals surface area contributed by atoms with Gasteiger partial charge in [0.05, 0.1) is 23.7 Å². The molecule has 2 rings (SSSR count). The van der Waals surface area contributed by atoms with Gasteiger partial charge in [0.2, 0.25) is 0 Å². The Morgan fingerprint density at radius 1 is 1.65 bits per heavy atom. The number of thiocarbonyl (C=S) groups is 1. The maximum atomic E-state index is 11.8. The van der Waals surface area contributed by atoms with Gasteiger partial charge in [0, 0.05) is 6.08 Å². The molecule has 1 saturated heterocycles. The van der Waals surface area contributed by atoms with Crippen LogP contribution in [0.25, 0.3) is 6.08 Å². The van der Waals surface area contributed by atoms with Crippen LogP contribution in [0.1, 0.15) is 5.76 Å². The van der Waals surface area contributed by atoms with Crippen LogP contribution in [-0.2, 0) is 9.59 Å². The smallest absolute Gasteiger partial charge is 0.266 e. The molecule has 0 spiro atoms. The van der Waals surface area contributed by atoms with Gasteiger partial charge in [-0.15, -0.1) is 0 Å². The van der Waals surface area contributed by atoms with Gasteiger partial charge in [-0.05, 0) is 12.1 Å². The maximum absolute atomic E-state index is 11.8. The van der Waals surface area contributed by atoms with E-state index in [4.69, 9.17) is 16.6 Å². The number of aliphatic carboxylic acids is 1. The van der Waals surface area contributed by atoms with Crippen molar-refractivity contribution in [1.29, 1.82) is 0 Å². The molecule has 1 aromatic heterocycles. The summed E-state index contributed by atoms with van der Waals surface area (Å²) in [6.45, 7) is -0.528. The number of hydrogen-bond acceptors (Lipinski definition) is 6. The van der Waals surface area contributed by atoms with Crippen molar-refractivity contribution in [2.45, 2.75) is 0 Å². The number of rotatable bonds is 3. The van der Waals surface area contributed by atoms with Crippen LogP contribution in [0.3, 0.4) is 0 Å². The SMILES string of the molecule is O=C([O-])CN1C(=O)/C(=C/c2ccco2)SC1=S. The first-order valence-electron chi connectivity index (χ1n) is 4.56. The second-order valence-corrected chi connectivity index (χ2v) is 4.83. The zero-order chi connectivity index (χ0) is 12.4. The highest BCUT2D eigenvalue weighted by molar-refractivity contribution is 8.26. The molecule has 1 aliphatic rings. The quantitative estimate of drug-likeness (QED) is 0.577. The molecular weight excluding hydrogens is 262 g/mol. The van der Waals surface area contributed by atoms with Crippen molar-refractivity contribution in [3.8, 4) is 0 Å². The molecule has 0 atom stereocenters. The zero-order valence-corrected chi connectivity index (χ0v) is 10.0. The standard InChI is InChI=1S/C10H7NO4S2/c12-8(13)5-11-9(14)7(17-10(11)16)4-6-2-1-3-15-6/h1-4H,5H2,(H,12,13)/p-1/b7-4-. The number of amides is 1. The summed E-state index contributed by atoms with van der Waals surface area (Å²) in [4.78, 5) is 23.6. The van der Waals surface area contributed by atoms with Gasteiger partial charge in [-0.3, -0.25) is 9.69 Å². The first kappa shape index (κ1) is 11.9. The maximum Gasteiger partial charge on any atom is 0.266 e. The second kappa shape index (κ2) is 4.72. The van der Waals surface area contributed by atoms with Crippen molar-refractivity contribution < 1.29 is 19.1 Å². The molecule has 0 aliphatic carbocycles. The average molecular weight is 268 g/mol. The van der Waals surface area contributed by atoms with E-state index in [0.29, 0.717) is 10.7 Å². The summed E-state index contributed by atoms with van der Waals surface area (Å²) in [6.07, 6.45) is 3.00. The molecule has 1 fully saturated rings. The third kappa shape index (κ3) is 2.56. The van der Waals surface area contributed by atoms with Gasteiger partial charge >= 0.3 is 0 Å². The van der Waals surface area contributed by atoms with Crippen molar-refractivity contribution in [2.24, 2.45) is 0 Å². The zero-order valence-electron chi connectivity index (χ0n) is 8.41. The number of nitrogens with zero attached hydrogens (tertiary/aromatic N) is 1. The molecule has 0 aromatic carbocycles. The number of carbonyl (C=O) groups is 2. The Labute approximate surface area is 106 Å². The fourth-order valence-corrected chi connectivity index (χ4v) is 2.50. The molecule has 1 aliphatic heterocycles. The average Bonchev–Trinajstić information content (AvgIpc) is 2.83. The van der Waals surface area contributed by atoms with E-state index in [2.05, 4.69) is 0 Å². The van der Waals surface area contributed by atoms with Crippen LogP contribution in [0.15, 0.2) is 27.7 Å². The Bertz CT molecular complexity index is 506. The van der Waals surface area contributed by atoms with E-state index in [-0.39, 0.29) is 4.32 Å². The lowest BCUT2D eigenvalue weighted by Gasteiger charge is -2.14. The molecule has 17 heavy (non-hydrogen) atoms. The largest absolute Gasteiger partial charge is 0.548 e. The van der Waals surface area contributed by atoms with E-state index in [1.807, 2.05) is 0 Å². The Kier molecular flexibility index (Phi) is 3.30. The topological polar surface area (TPSA) is 73.6 Å². The highest BCUT2D eigenvalue weighted by atomic mass is 32.2. The summed E-state index contributed by atoms with van der Waals surface area (Å²) < 4.78 is 5.27. The minimum absolute atomic E-state index is 0.206. The Morgan fingerprint density at radius 2 is 2.41 bits per heavy atom. The normalized spacial score (nSPS) is 18.1. The van der Waals surface area contributed by atoms with Crippen LogP contribution in [0.2, 0.25) is 0 Å². The molecule has 0 unspecified atom stereocenters. The summed E-state index contributed by atoms with van der Waals surface area (Å²) >= 11 is 5.95. The van der Waals surface area contributed by atoms with Crippen LogP contribution in [-0.4, -0.2) is 27.6 Å². The van der Waals surface area contributed by atoms with Gasteiger partial charge in [0.1, 0.15) is 10.1 Å². The van der Waals surface area contributed by atoms with Gasteiger partial charge in [-0.25, -0.2) is 0 Å². The number of thioether (sulfide) groups is 1. The number of carbonyl (C=O) groups excluding carboxylic acids is 2. The third-order valence-corrected chi connectivity index (χ3v) is 3.36. The molecule has 2 heterocycles.